The Morgan fingerprint density at radius 3 is 2.56 bits per heavy atom. The third-order valence-corrected chi connectivity index (χ3v) is 5.08. The van der Waals surface area contributed by atoms with Gasteiger partial charge in [-0.25, -0.2) is 13.8 Å². The summed E-state index contributed by atoms with van der Waals surface area (Å²) in [6.45, 7) is 0.0937. The van der Waals surface area contributed by atoms with Crippen LogP contribution in [0.25, 0.3) is 33.7 Å². The number of H-pyrrole nitrogens is 1. The molecular weight excluding hydrogens is 459 g/mol. The van der Waals surface area contributed by atoms with Crippen LogP contribution in [0.2, 0.25) is 0 Å². The number of alkyl halides is 3. The van der Waals surface area contributed by atoms with E-state index in [9.17, 15) is 22.0 Å². The van der Waals surface area contributed by atoms with Gasteiger partial charge in [0.05, 0.1) is 11.1 Å². The number of hydrogen-bond acceptors (Lipinski definition) is 5. The molecule has 34 heavy (non-hydrogen) atoms. The highest BCUT2D eigenvalue weighted by Gasteiger charge is 2.30. The summed E-state index contributed by atoms with van der Waals surface area (Å²) in [4.78, 5) is 7.12. The van der Waals surface area contributed by atoms with Gasteiger partial charge >= 0.3 is 6.18 Å². The van der Waals surface area contributed by atoms with Crippen molar-refractivity contribution >= 4 is 16.9 Å². The number of fused-ring (bicyclic) bond motifs is 1. The first-order valence-corrected chi connectivity index (χ1v) is 9.82. The Morgan fingerprint density at radius 1 is 1.06 bits per heavy atom. The van der Waals surface area contributed by atoms with Crippen molar-refractivity contribution < 1.29 is 31.2 Å². The van der Waals surface area contributed by atoms with Crippen molar-refractivity contribution in [2.75, 3.05) is 5.73 Å². The lowest BCUT2D eigenvalue weighted by molar-refractivity contribution is -0.745. The van der Waals surface area contributed by atoms with Crippen molar-refractivity contribution in [3.63, 3.8) is 0 Å². The molecule has 172 valence electrons. The minimum Gasteiger partial charge on any atom is -0.377 e. The molecule has 0 amide bonds. The first-order chi connectivity index (χ1) is 16.2. The van der Waals surface area contributed by atoms with E-state index in [1.54, 1.807) is 12.3 Å². The van der Waals surface area contributed by atoms with Crippen molar-refractivity contribution in [2.45, 2.75) is 12.7 Å². The summed E-state index contributed by atoms with van der Waals surface area (Å²) in [6.07, 6.45) is -2.87. The molecule has 0 radical (unpaired) electrons. The fourth-order valence-corrected chi connectivity index (χ4v) is 3.45. The highest BCUT2D eigenvalue weighted by molar-refractivity contribution is 5.85. The molecule has 3 N–H and O–H groups in total. The molecule has 0 aliphatic heterocycles. The van der Waals surface area contributed by atoms with E-state index in [4.69, 9.17) is 10.3 Å². The van der Waals surface area contributed by atoms with Gasteiger partial charge in [0.1, 0.15) is 22.6 Å². The van der Waals surface area contributed by atoms with E-state index in [-0.39, 0.29) is 29.3 Å². The maximum absolute atomic E-state index is 14.1. The van der Waals surface area contributed by atoms with E-state index < -0.39 is 23.4 Å². The number of aromatic nitrogens is 5. The molecule has 7 nitrogen and oxygen atoms in total. The second-order valence-corrected chi connectivity index (χ2v) is 7.41. The topological polar surface area (TPSA) is 97.5 Å². The summed E-state index contributed by atoms with van der Waals surface area (Å²) in [5.74, 6) is -1.56. The number of nitrogen functional groups attached to an aromatic ring is 1. The van der Waals surface area contributed by atoms with Crippen LogP contribution in [0.1, 0.15) is 11.3 Å². The number of anilines is 1. The van der Waals surface area contributed by atoms with Crippen LogP contribution in [0.15, 0.2) is 59.3 Å². The quantitative estimate of drug-likeness (QED) is 0.296. The van der Waals surface area contributed by atoms with Gasteiger partial charge in [-0.05, 0) is 24.3 Å². The molecule has 0 fully saturated rings. The lowest BCUT2D eigenvalue weighted by atomic mass is 10.1. The lowest BCUT2D eigenvalue weighted by Crippen LogP contribution is -2.38. The smallest absolute Gasteiger partial charge is 0.377 e. The number of halogens is 5. The number of nitrogens with one attached hydrogen (secondary N) is 1. The maximum atomic E-state index is 14.1. The van der Waals surface area contributed by atoms with Crippen LogP contribution < -0.4 is 10.4 Å². The van der Waals surface area contributed by atoms with Gasteiger partial charge in [0.2, 0.25) is 24.3 Å². The molecule has 2 aromatic carbocycles. The van der Waals surface area contributed by atoms with Crippen molar-refractivity contribution in [1.82, 2.24) is 20.2 Å². The Balaban J connectivity index is 1.41. The molecule has 0 atom stereocenters. The average molecular weight is 473 g/mol. The average Bonchev–Trinajstić information content (AvgIpc) is 3.43. The fraction of sp³-hybridized carbons (Fsp3) is 0.0909. The normalized spacial score (nSPS) is 11.9. The number of benzene rings is 2. The minimum absolute atomic E-state index is 0.0410. The van der Waals surface area contributed by atoms with Crippen molar-refractivity contribution in [2.24, 2.45) is 0 Å². The highest BCUT2D eigenvalue weighted by Crippen LogP contribution is 2.31. The number of nitrogens with two attached hydrogens (primary N) is 1. The van der Waals surface area contributed by atoms with Gasteiger partial charge in [0.25, 0.3) is 0 Å². The Kier molecular flexibility index (Phi) is 5.00. The summed E-state index contributed by atoms with van der Waals surface area (Å²) in [7, 11) is 0. The summed E-state index contributed by atoms with van der Waals surface area (Å²) in [5.41, 5.74) is 6.68. The van der Waals surface area contributed by atoms with Crippen molar-refractivity contribution in [1.29, 1.82) is 0 Å². The second-order valence-electron chi connectivity index (χ2n) is 7.41. The van der Waals surface area contributed by atoms with Crippen LogP contribution in [0, 0.1) is 11.6 Å². The Bertz CT molecular complexity index is 1510. The SMILES string of the molecule is Nc1n[n+](Cc2cc(-c3ccc(C(F)(F)F)cc3)no2)cc2[nH]c(-c3cccc(F)c3F)nc12. The molecule has 0 saturated carbocycles. The summed E-state index contributed by atoms with van der Waals surface area (Å²) in [5, 5.41) is 8.09. The first kappa shape index (κ1) is 21.5. The molecule has 0 aliphatic rings. The number of hydrogen-bond donors (Lipinski definition) is 2. The van der Waals surface area contributed by atoms with E-state index in [0.717, 1.165) is 18.2 Å². The summed E-state index contributed by atoms with van der Waals surface area (Å²) >= 11 is 0. The third-order valence-electron chi connectivity index (χ3n) is 5.08. The fourth-order valence-electron chi connectivity index (χ4n) is 3.45. The minimum atomic E-state index is -4.43. The monoisotopic (exact) mass is 473 g/mol. The third kappa shape index (κ3) is 3.93. The van der Waals surface area contributed by atoms with Crippen LogP contribution in [0.3, 0.4) is 0 Å². The predicted octanol–water partition coefficient (Wildman–Crippen LogP) is 4.49. The molecule has 0 aliphatic carbocycles. The number of aromatic amines is 1. The molecule has 5 rings (SSSR count). The number of rotatable bonds is 4. The van der Waals surface area contributed by atoms with Gasteiger partial charge in [0.15, 0.2) is 11.6 Å². The van der Waals surface area contributed by atoms with Gasteiger partial charge in [-0.3, -0.25) is 0 Å². The molecule has 0 spiro atoms. The molecule has 3 heterocycles. The van der Waals surface area contributed by atoms with Gasteiger partial charge < -0.3 is 15.2 Å². The zero-order chi connectivity index (χ0) is 24.0. The Morgan fingerprint density at radius 2 is 1.82 bits per heavy atom. The number of imidazole rings is 1. The summed E-state index contributed by atoms with van der Waals surface area (Å²) < 4.78 is 72.7. The molecule has 12 heteroatoms. The molecule has 0 unspecified atom stereocenters. The van der Waals surface area contributed by atoms with Gasteiger partial charge in [-0.15, -0.1) is 0 Å². The van der Waals surface area contributed by atoms with Crippen LogP contribution in [-0.2, 0) is 12.7 Å². The zero-order valence-corrected chi connectivity index (χ0v) is 17.1. The molecule has 3 aromatic heterocycles. The largest absolute Gasteiger partial charge is 0.416 e. The Labute approximate surface area is 187 Å². The lowest BCUT2D eigenvalue weighted by Gasteiger charge is -2.06. The van der Waals surface area contributed by atoms with E-state index in [2.05, 4.69) is 20.2 Å². The van der Waals surface area contributed by atoms with Crippen molar-refractivity contribution in [3.05, 3.63) is 77.7 Å². The number of nitrogens with zero attached hydrogens (tertiary/aromatic N) is 4. The van der Waals surface area contributed by atoms with E-state index in [0.29, 0.717) is 22.5 Å². The predicted molar refractivity (Wildman–Crippen MR) is 110 cm³/mol. The first-order valence-electron chi connectivity index (χ1n) is 9.82. The Hall–Kier alpha value is -4.35. The highest BCUT2D eigenvalue weighted by atomic mass is 19.4. The standard InChI is InChI=1S/C22H13F5N6O/c23-15-3-1-2-14(18(15)24)21-29-17-10-33(31-20(28)19(17)30-21)9-13-8-16(32-34-13)11-4-6-12(7-5-11)22(25,26)27/h1-8,10H,9H2,(H2,28,31)/p+1. The van der Waals surface area contributed by atoms with Crippen LogP contribution in [-0.4, -0.2) is 20.2 Å². The van der Waals surface area contributed by atoms with Crippen molar-refractivity contribution in [3.8, 4) is 22.6 Å². The van der Waals surface area contributed by atoms with E-state index in [1.807, 2.05) is 0 Å². The maximum Gasteiger partial charge on any atom is 0.416 e. The van der Waals surface area contributed by atoms with Gasteiger partial charge in [-0.1, -0.05) is 28.0 Å². The zero-order valence-electron chi connectivity index (χ0n) is 17.1. The van der Waals surface area contributed by atoms with E-state index in [1.165, 1.54) is 28.9 Å². The molecule has 5 aromatic rings. The van der Waals surface area contributed by atoms with Crippen LogP contribution in [0.4, 0.5) is 27.8 Å². The van der Waals surface area contributed by atoms with Gasteiger partial charge in [0, 0.05) is 16.7 Å². The molecule has 0 bridgehead atoms. The molecule has 0 saturated heterocycles. The van der Waals surface area contributed by atoms with E-state index >= 15 is 0 Å². The van der Waals surface area contributed by atoms with Gasteiger partial charge in [-0.2, -0.15) is 13.2 Å². The second kappa shape index (κ2) is 7.90. The van der Waals surface area contributed by atoms with Crippen LogP contribution in [0.5, 0.6) is 0 Å². The summed E-state index contributed by atoms with van der Waals surface area (Å²) in [6, 6.07) is 9.85. The van der Waals surface area contributed by atoms with Crippen LogP contribution >= 0.6 is 0 Å². The molecular formula is C22H14F5N6O+.